The summed E-state index contributed by atoms with van der Waals surface area (Å²) in [6.07, 6.45) is 2.03. The van der Waals surface area contributed by atoms with Gasteiger partial charge in [0.2, 0.25) is 0 Å². The van der Waals surface area contributed by atoms with Crippen LogP contribution in [0.5, 0.6) is 5.75 Å². The highest BCUT2D eigenvalue weighted by Crippen LogP contribution is 2.29. The highest BCUT2D eigenvalue weighted by molar-refractivity contribution is 6.03. The molecule has 3 rings (SSSR count). The Bertz CT molecular complexity index is 555. The van der Waals surface area contributed by atoms with Crippen molar-refractivity contribution < 1.29 is 14.3 Å². The van der Waals surface area contributed by atoms with Gasteiger partial charge in [-0.25, -0.2) is 0 Å². The van der Waals surface area contributed by atoms with Gasteiger partial charge < -0.3 is 9.47 Å². The minimum Gasteiger partial charge on any atom is -0.496 e. The molecule has 21 heavy (non-hydrogen) atoms. The number of fused-ring (bicyclic) bond motifs is 1. The van der Waals surface area contributed by atoms with Crippen molar-refractivity contribution in [3.63, 3.8) is 0 Å². The Morgan fingerprint density at radius 3 is 2.95 bits per heavy atom. The lowest BCUT2D eigenvalue weighted by atomic mass is 9.96. The van der Waals surface area contributed by atoms with Crippen LogP contribution in [-0.2, 0) is 4.74 Å². The molecule has 2 saturated heterocycles. The van der Waals surface area contributed by atoms with E-state index < -0.39 is 0 Å². The van der Waals surface area contributed by atoms with Crippen LogP contribution < -0.4 is 4.74 Å². The zero-order valence-electron chi connectivity index (χ0n) is 13.0. The zero-order valence-corrected chi connectivity index (χ0v) is 13.0. The third kappa shape index (κ3) is 2.70. The van der Waals surface area contributed by atoms with Crippen molar-refractivity contribution in [3.05, 3.63) is 28.8 Å². The van der Waals surface area contributed by atoms with Gasteiger partial charge in [0.1, 0.15) is 11.9 Å². The van der Waals surface area contributed by atoms with E-state index in [9.17, 15) is 4.79 Å². The summed E-state index contributed by atoms with van der Waals surface area (Å²) >= 11 is 0. The van der Waals surface area contributed by atoms with Crippen LogP contribution in [0.4, 0.5) is 0 Å². The summed E-state index contributed by atoms with van der Waals surface area (Å²) in [5.41, 5.74) is 2.74. The van der Waals surface area contributed by atoms with Crippen LogP contribution >= 0.6 is 0 Å². The molecule has 2 aliphatic heterocycles. The van der Waals surface area contributed by atoms with Crippen molar-refractivity contribution in [2.45, 2.75) is 38.8 Å². The van der Waals surface area contributed by atoms with E-state index in [1.54, 1.807) is 7.11 Å². The third-order valence-corrected chi connectivity index (χ3v) is 4.59. The number of morpholine rings is 1. The summed E-state index contributed by atoms with van der Waals surface area (Å²) in [4.78, 5) is 15.3. The van der Waals surface area contributed by atoms with Crippen LogP contribution in [0.3, 0.4) is 0 Å². The molecular weight excluding hydrogens is 266 g/mol. The molecule has 1 aromatic carbocycles. The topological polar surface area (TPSA) is 38.8 Å². The lowest BCUT2D eigenvalue weighted by molar-refractivity contribution is -0.0345. The minimum atomic E-state index is -0.366. The smallest absolute Gasteiger partial charge is 0.196 e. The van der Waals surface area contributed by atoms with Crippen LogP contribution in [0.25, 0.3) is 0 Å². The van der Waals surface area contributed by atoms with Crippen molar-refractivity contribution in [2.24, 2.45) is 0 Å². The number of aryl methyl sites for hydroxylation is 2. The van der Waals surface area contributed by atoms with Crippen molar-refractivity contribution in [1.82, 2.24) is 4.90 Å². The molecular formula is C17H23NO3. The molecule has 2 heterocycles. The molecule has 0 spiro atoms. The maximum atomic E-state index is 12.9. The van der Waals surface area contributed by atoms with Gasteiger partial charge in [0.05, 0.1) is 19.3 Å². The fraction of sp³-hybridized carbons (Fsp3) is 0.588. The van der Waals surface area contributed by atoms with Crippen LogP contribution in [0.1, 0.15) is 34.3 Å². The molecule has 0 saturated carbocycles. The second-order valence-corrected chi connectivity index (χ2v) is 6.14. The van der Waals surface area contributed by atoms with Gasteiger partial charge in [0, 0.05) is 12.6 Å². The third-order valence-electron chi connectivity index (χ3n) is 4.59. The lowest BCUT2D eigenvalue weighted by Crippen LogP contribution is -2.49. The van der Waals surface area contributed by atoms with Gasteiger partial charge in [-0.15, -0.1) is 0 Å². The van der Waals surface area contributed by atoms with E-state index in [1.807, 2.05) is 26.0 Å². The van der Waals surface area contributed by atoms with Crippen molar-refractivity contribution in [3.8, 4) is 5.75 Å². The zero-order chi connectivity index (χ0) is 15.0. The number of benzene rings is 1. The van der Waals surface area contributed by atoms with E-state index in [-0.39, 0.29) is 11.9 Å². The standard InChI is InChI=1S/C17H23NO3/c1-11-7-12(2)16(14(8-11)20-3)17(19)15-9-18-6-4-5-13(18)10-21-15/h7-8,13,15H,4-6,9-10H2,1-3H3. The number of methoxy groups -OCH3 is 1. The number of carbonyl (C=O) groups excluding carboxylic acids is 1. The molecule has 4 nitrogen and oxygen atoms in total. The highest BCUT2D eigenvalue weighted by Gasteiger charge is 2.36. The Morgan fingerprint density at radius 2 is 2.19 bits per heavy atom. The van der Waals surface area contributed by atoms with Crippen molar-refractivity contribution >= 4 is 5.78 Å². The van der Waals surface area contributed by atoms with Crippen LogP contribution in [0, 0.1) is 13.8 Å². The molecule has 0 radical (unpaired) electrons. The van der Waals surface area contributed by atoms with E-state index in [4.69, 9.17) is 9.47 Å². The Balaban J connectivity index is 1.85. The largest absolute Gasteiger partial charge is 0.496 e. The normalized spacial score (nSPS) is 25.7. The number of carbonyl (C=O) groups is 1. The first kappa shape index (κ1) is 14.5. The summed E-state index contributed by atoms with van der Waals surface area (Å²) in [5, 5.41) is 0. The van der Waals surface area contributed by atoms with Gasteiger partial charge in [0.15, 0.2) is 5.78 Å². The van der Waals surface area contributed by atoms with Crippen LogP contribution in [0.2, 0.25) is 0 Å². The summed E-state index contributed by atoms with van der Waals surface area (Å²) in [6.45, 7) is 6.44. The SMILES string of the molecule is COc1cc(C)cc(C)c1C(=O)C1CN2CCCC2CO1. The molecule has 0 N–H and O–H groups in total. The highest BCUT2D eigenvalue weighted by atomic mass is 16.5. The molecule has 2 unspecified atom stereocenters. The first-order valence-corrected chi connectivity index (χ1v) is 7.65. The van der Waals surface area contributed by atoms with Gasteiger partial charge in [-0.2, -0.15) is 0 Å². The maximum absolute atomic E-state index is 12.9. The summed E-state index contributed by atoms with van der Waals surface area (Å²) in [6, 6.07) is 4.45. The quantitative estimate of drug-likeness (QED) is 0.801. The van der Waals surface area contributed by atoms with Gasteiger partial charge >= 0.3 is 0 Å². The molecule has 2 aliphatic rings. The van der Waals surface area contributed by atoms with Crippen molar-refractivity contribution in [2.75, 3.05) is 26.8 Å². The summed E-state index contributed by atoms with van der Waals surface area (Å²) < 4.78 is 11.3. The van der Waals surface area contributed by atoms with E-state index in [0.29, 0.717) is 30.5 Å². The number of hydrogen-bond donors (Lipinski definition) is 0. The summed E-state index contributed by atoms with van der Waals surface area (Å²) in [7, 11) is 1.61. The monoisotopic (exact) mass is 289 g/mol. The molecule has 1 aromatic rings. The first-order valence-electron chi connectivity index (χ1n) is 7.65. The first-order chi connectivity index (χ1) is 10.1. The van der Waals surface area contributed by atoms with E-state index >= 15 is 0 Å². The molecule has 4 heteroatoms. The van der Waals surface area contributed by atoms with E-state index in [2.05, 4.69) is 4.90 Å². The number of nitrogens with zero attached hydrogens (tertiary/aromatic N) is 1. The fourth-order valence-electron chi connectivity index (χ4n) is 3.54. The van der Waals surface area contributed by atoms with Crippen LogP contribution in [-0.4, -0.2) is 49.6 Å². The molecule has 2 fully saturated rings. The average molecular weight is 289 g/mol. The molecule has 114 valence electrons. The fourth-order valence-corrected chi connectivity index (χ4v) is 3.54. The van der Waals surface area contributed by atoms with Gasteiger partial charge in [-0.3, -0.25) is 9.69 Å². The Kier molecular flexibility index (Phi) is 4.00. The molecule has 0 amide bonds. The van der Waals surface area contributed by atoms with E-state index in [0.717, 1.165) is 17.7 Å². The Hall–Kier alpha value is -1.39. The summed E-state index contributed by atoms with van der Waals surface area (Å²) in [5.74, 6) is 0.708. The van der Waals surface area contributed by atoms with Gasteiger partial charge in [-0.05, 0) is 50.4 Å². The number of ketones is 1. The molecule has 0 aromatic heterocycles. The van der Waals surface area contributed by atoms with Gasteiger partial charge in [-0.1, -0.05) is 6.07 Å². The second kappa shape index (κ2) is 5.78. The number of Topliss-reactive ketones (excluding diaryl/α,β-unsaturated/α-hetero) is 1. The molecule has 0 aliphatic carbocycles. The Labute approximate surface area is 126 Å². The maximum Gasteiger partial charge on any atom is 0.196 e. The minimum absolute atomic E-state index is 0.0506. The number of rotatable bonds is 3. The second-order valence-electron chi connectivity index (χ2n) is 6.14. The predicted molar refractivity (Wildman–Crippen MR) is 81.1 cm³/mol. The predicted octanol–water partition coefficient (Wildman–Crippen LogP) is 2.36. The van der Waals surface area contributed by atoms with E-state index in [1.165, 1.54) is 12.8 Å². The lowest BCUT2D eigenvalue weighted by Gasteiger charge is -2.34. The average Bonchev–Trinajstić information content (AvgIpc) is 2.93. The van der Waals surface area contributed by atoms with Crippen LogP contribution in [0.15, 0.2) is 12.1 Å². The molecule has 0 bridgehead atoms. The Morgan fingerprint density at radius 1 is 1.38 bits per heavy atom. The number of ether oxygens (including phenoxy) is 2. The molecule has 2 atom stereocenters. The number of hydrogen-bond acceptors (Lipinski definition) is 4. The van der Waals surface area contributed by atoms with Crippen molar-refractivity contribution in [1.29, 1.82) is 0 Å². The van der Waals surface area contributed by atoms with Gasteiger partial charge in [0.25, 0.3) is 0 Å².